The van der Waals surface area contributed by atoms with Crippen LogP contribution in [0.2, 0.25) is 0 Å². The molecule has 0 N–H and O–H groups in total. The van der Waals surface area contributed by atoms with Gasteiger partial charge in [-0.2, -0.15) is 0 Å². The highest BCUT2D eigenvalue weighted by Gasteiger charge is 2.71. The summed E-state index contributed by atoms with van der Waals surface area (Å²) in [7, 11) is 1.56. The van der Waals surface area contributed by atoms with Gasteiger partial charge in [-0.05, 0) is 67.0 Å². The molecule has 3 saturated heterocycles. The van der Waals surface area contributed by atoms with Crippen LogP contribution in [0.4, 0.5) is 0 Å². The van der Waals surface area contributed by atoms with Crippen molar-refractivity contribution in [1.82, 2.24) is 0 Å². The smallest absolute Gasteiger partial charge is 0.342 e. The van der Waals surface area contributed by atoms with Crippen LogP contribution in [-0.2, 0) is 19.8 Å². The van der Waals surface area contributed by atoms with Crippen molar-refractivity contribution in [3.63, 3.8) is 0 Å². The number of ether oxygens (including phenoxy) is 4. The predicted octanol–water partition coefficient (Wildman–Crippen LogP) is 4.11. The quantitative estimate of drug-likeness (QED) is 0.531. The van der Waals surface area contributed by atoms with Crippen LogP contribution in [0.3, 0.4) is 0 Å². The first kappa shape index (κ1) is 21.3. The molecule has 3 fully saturated rings. The number of epoxide rings is 2. The highest BCUT2D eigenvalue weighted by Crippen LogP contribution is 2.56. The average Bonchev–Trinajstić information content (AvgIpc) is 3.52. The minimum absolute atomic E-state index is 0.0686. The van der Waals surface area contributed by atoms with Crippen LogP contribution in [-0.4, -0.2) is 36.6 Å². The number of rotatable bonds is 5. The number of hydrogen-bond acceptors (Lipinski definition) is 6. The lowest BCUT2D eigenvalue weighted by Gasteiger charge is -2.24. The molecule has 4 heterocycles. The lowest BCUT2D eigenvalue weighted by atomic mass is 9.91. The van der Waals surface area contributed by atoms with Crippen LogP contribution in [0.25, 0.3) is 0 Å². The summed E-state index contributed by atoms with van der Waals surface area (Å²) in [4.78, 5) is 12.3. The number of allylic oxidation sites excluding steroid dienone is 2. The highest BCUT2D eigenvalue weighted by atomic mass is 16.7. The van der Waals surface area contributed by atoms with Crippen LogP contribution in [0, 0.1) is 13.8 Å². The molecule has 0 radical (unpaired) electrons. The van der Waals surface area contributed by atoms with Crippen molar-refractivity contribution in [2.45, 2.75) is 90.5 Å². The summed E-state index contributed by atoms with van der Waals surface area (Å²) >= 11 is 0. The van der Waals surface area contributed by atoms with Gasteiger partial charge in [0.25, 0.3) is 0 Å². The van der Waals surface area contributed by atoms with Crippen LogP contribution >= 0.6 is 0 Å². The molecule has 164 valence electrons. The molecule has 0 amide bonds. The molecule has 0 saturated carbocycles. The Morgan fingerprint density at radius 3 is 2.27 bits per heavy atom. The molecule has 3 aliphatic heterocycles. The summed E-state index contributed by atoms with van der Waals surface area (Å²) in [5, 5.41) is 0. The second-order valence-electron chi connectivity index (χ2n) is 9.51. The fourth-order valence-electron chi connectivity index (χ4n) is 5.23. The van der Waals surface area contributed by atoms with Crippen LogP contribution in [0.1, 0.15) is 58.4 Å². The second kappa shape index (κ2) is 6.55. The minimum Gasteiger partial charge on any atom is -0.496 e. The zero-order chi connectivity index (χ0) is 22.2. The average molecular weight is 417 g/mol. The van der Waals surface area contributed by atoms with E-state index in [-0.39, 0.29) is 23.9 Å². The van der Waals surface area contributed by atoms with Gasteiger partial charge in [-0.25, -0.2) is 4.79 Å². The monoisotopic (exact) mass is 416 g/mol. The standard InChI is InChI=1S/C24H32O6/c1-12(11-22(6)21-23(7,30-21)16(5)28-22)10-13(2)18-24(8,29-18)19-14(3)17(26-9)15(4)20(25)27-19/h10-11,16,18,21H,1-9H3/t16-,18+,21+,22+,23-,24-/m1/s1. The van der Waals surface area contributed by atoms with E-state index in [1.165, 1.54) is 0 Å². The molecule has 4 rings (SSSR count). The first-order valence-corrected chi connectivity index (χ1v) is 10.5. The van der Waals surface area contributed by atoms with Crippen LogP contribution in [0.5, 0.6) is 5.75 Å². The predicted molar refractivity (Wildman–Crippen MR) is 113 cm³/mol. The molecule has 3 aliphatic rings. The Balaban J connectivity index is 1.58. The number of hydrogen-bond donors (Lipinski definition) is 0. The molecular weight excluding hydrogens is 384 g/mol. The Morgan fingerprint density at radius 1 is 1.07 bits per heavy atom. The van der Waals surface area contributed by atoms with Gasteiger partial charge in [0.2, 0.25) is 0 Å². The maximum atomic E-state index is 12.3. The van der Waals surface area contributed by atoms with Gasteiger partial charge >= 0.3 is 5.63 Å². The third kappa shape index (κ3) is 3.00. The number of fused-ring (bicyclic) bond motifs is 1. The summed E-state index contributed by atoms with van der Waals surface area (Å²) < 4.78 is 29.2. The Kier molecular flexibility index (Phi) is 4.66. The number of methoxy groups -OCH3 is 1. The second-order valence-corrected chi connectivity index (χ2v) is 9.51. The van der Waals surface area contributed by atoms with Crippen molar-refractivity contribution >= 4 is 0 Å². The molecule has 0 spiro atoms. The summed E-state index contributed by atoms with van der Waals surface area (Å²) in [5.74, 6) is 1.08. The first-order valence-electron chi connectivity index (χ1n) is 10.5. The van der Waals surface area contributed by atoms with Gasteiger partial charge in [0, 0.05) is 5.56 Å². The van der Waals surface area contributed by atoms with E-state index in [1.807, 2.05) is 20.8 Å². The van der Waals surface area contributed by atoms with E-state index in [2.05, 4.69) is 39.8 Å². The normalized spacial score (nSPS) is 40.4. The molecule has 0 unspecified atom stereocenters. The zero-order valence-electron chi connectivity index (χ0n) is 19.3. The summed E-state index contributed by atoms with van der Waals surface area (Å²) in [6.45, 7) is 15.9. The molecular formula is C24H32O6. The lowest BCUT2D eigenvalue weighted by Crippen LogP contribution is -2.30. The van der Waals surface area contributed by atoms with Gasteiger partial charge in [-0.1, -0.05) is 11.6 Å². The third-order valence-electron chi connectivity index (χ3n) is 6.96. The molecule has 0 aliphatic carbocycles. The molecule has 30 heavy (non-hydrogen) atoms. The topological polar surface area (TPSA) is 73.7 Å². The molecule has 6 nitrogen and oxygen atoms in total. The minimum atomic E-state index is -0.689. The molecule has 6 atom stereocenters. The maximum Gasteiger partial charge on any atom is 0.342 e. The molecule has 0 bridgehead atoms. The molecule has 1 aromatic heterocycles. The van der Waals surface area contributed by atoms with Gasteiger partial charge in [0.15, 0.2) is 5.60 Å². The Hall–Kier alpha value is -1.89. The van der Waals surface area contributed by atoms with Crippen molar-refractivity contribution in [2.75, 3.05) is 7.11 Å². The van der Waals surface area contributed by atoms with Crippen molar-refractivity contribution in [3.8, 4) is 5.75 Å². The van der Waals surface area contributed by atoms with Crippen molar-refractivity contribution < 1.29 is 23.4 Å². The Morgan fingerprint density at radius 2 is 1.73 bits per heavy atom. The highest BCUT2D eigenvalue weighted by molar-refractivity contribution is 5.45. The fraction of sp³-hybridized carbons (Fsp3) is 0.625. The maximum absolute atomic E-state index is 12.3. The summed E-state index contributed by atoms with van der Waals surface area (Å²) in [6, 6.07) is 0. The van der Waals surface area contributed by atoms with E-state index in [0.717, 1.165) is 16.7 Å². The lowest BCUT2D eigenvalue weighted by molar-refractivity contribution is -0.0719. The van der Waals surface area contributed by atoms with Crippen LogP contribution in [0.15, 0.2) is 32.5 Å². The largest absolute Gasteiger partial charge is 0.496 e. The summed E-state index contributed by atoms with van der Waals surface area (Å²) in [5.41, 5.74) is 1.71. The molecule has 1 aromatic rings. The Labute approximate surface area is 177 Å². The van der Waals surface area contributed by atoms with E-state index in [4.69, 9.17) is 23.4 Å². The van der Waals surface area contributed by atoms with Gasteiger partial charge < -0.3 is 23.4 Å². The van der Waals surface area contributed by atoms with E-state index in [1.54, 1.807) is 14.0 Å². The third-order valence-corrected chi connectivity index (χ3v) is 6.96. The van der Waals surface area contributed by atoms with Crippen molar-refractivity contribution in [2.24, 2.45) is 0 Å². The SMILES string of the molecule is COc1c(C)c([C@]2(C)O[C@H]2C(C)=CC(C)=C[C@]2(C)O[C@H](C)[C@@]3(C)O[C@H]32)oc(=O)c1C. The summed E-state index contributed by atoms with van der Waals surface area (Å²) in [6.07, 6.45) is 4.22. The molecule has 0 aromatic carbocycles. The van der Waals surface area contributed by atoms with E-state index in [9.17, 15) is 4.79 Å². The van der Waals surface area contributed by atoms with Gasteiger partial charge in [-0.3, -0.25) is 0 Å². The molecule has 6 heteroatoms. The van der Waals surface area contributed by atoms with Gasteiger partial charge in [-0.15, -0.1) is 0 Å². The van der Waals surface area contributed by atoms with Crippen LogP contribution < -0.4 is 10.4 Å². The van der Waals surface area contributed by atoms with Crippen molar-refractivity contribution in [3.05, 3.63) is 50.6 Å². The fourth-order valence-corrected chi connectivity index (χ4v) is 5.23. The van der Waals surface area contributed by atoms with E-state index < -0.39 is 16.8 Å². The van der Waals surface area contributed by atoms with E-state index >= 15 is 0 Å². The van der Waals surface area contributed by atoms with Gasteiger partial charge in [0.05, 0.1) is 18.8 Å². The zero-order valence-corrected chi connectivity index (χ0v) is 19.3. The van der Waals surface area contributed by atoms with Crippen molar-refractivity contribution in [1.29, 1.82) is 0 Å². The first-order chi connectivity index (χ1) is 13.9. The van der Waals surface area contributed by atoms with E-state index in [0.29, 0.717) is 17.1 Å². The van der Waals surface area contributed by atoms with Gasteiger partial charge in [0.1, 0.15) is 34.9 Å². The Bertz CT molecular complexity index is 1020.